The van der Waals surface area contributed by atoms with E-state index in [1.165, 1.54) is 0 Å². The minimum atomic E-state index is 0.279. The number of likely N-dealkylation sites (tertiary alicyclic amines) is 1. The van der Waals surface area contributed by atoms with Gasteiger partial charge in [-0.15, -0.1) is 0 Å². The van der Waals surface area contributed by atoms with Gasteiger partial charge in [0.05, 0.1) is 0 Å². The summed E-state index contributed by atoms with van der Waals surface area (Å²) in [5.41, 5.74) is 5.81. The van der Waals surface area contributed by atoms with Crippen molar-refractivity contribution < 1.29 is 5.11 Å². The molecule has 0 bridgehead atoms. The SMILES string of the molecule is CN1CCC(N)CC1CCO. The highest BCUT2D eigenvalue weighted by Gasteiger charge is 2.22. The molecule has 0 aromatic heterocycles. The molecule has 66 valence electrons. The van der Waals surface area contributed by atoms with Crippen molar-refractivity contribution in [1.29, 1.82) is 0 Å². The van der Waals surface area contributed by atoms with Gasteiger partial charge in [0.2, 0.25) is 0 Å². The molecule has 2 atom stereocenters. The van der Waals surface area contributed by atoms with Crippen molar-refractivity contribution in [2.45, 2.75) is 31.3 Å². The Hall–Kier alpha value is -0.120. The van der Waals surface area contributed by atoms with Crippen molar-refractivity contribution >= 4 is 0 Å². The summed E-state index contributed by atoms with van der Waals surface area (Å²) in [5, 5.41) is 8.76. The lowest BCUT2D eigenvalue weighted by Crippen LogP contribution is -2.45. The lowest BCUT2D eigenvalue weighted by Gasteiger charge is -2.35. The maximum absolute atomic E-state index is 8.76. The number of hydrogen-bond acceptors (Lipinski definition) is 3. The second-order valence-corrected chi connectivity index (χ2v) is 3.43. The number of hydrogen-bond donors (Lipinski definition) is 2. The van der Waals surface area contributed by atoms with Gasteiger partial charge in [0, 0.05) is 18.7 Å². The highest BCUT2D eigenvalue weighted by Crippen LogP contribution is 2.16. The topological polar surface area (TPSA) is 49.5 Å². The van der Waals surface area contributed by atoms with E-state index in [4.69, 9.17) is 10.8 Å². The Bertz CT molecular complexity index is 119. The highest BCUT2D eigenvalue weighted by molar-refractivity contribution is 4.81. The third kappa shape index (κ3) is 2.43. The van der Waals surface area contributed by atoms with Crippen LogP contribution in [0, 0.1) is 0 Å². The van der Waals surface area contributed by atoms with E-state index in [-0.39, 0.29) is 6.61 Å². The van der Waals surface area contributed by atoms with E-state index in [1.807, 2.05) is 0 Å². The second-order valence-electron chi connectivity index (χ2n) is 3.43. The first-order valence-corrected chi connectivity index (χ1v) is 4.30. The van der Waals surface area contributed by atoms with Crippen LogP contribution < -0.4 is 5.73 Å². The molecule has 3 N–H and O–H groups in total. The van der Waals surface area contributed by atoms with Crippen LogP contribution in [-0.2, 0) is 0 Å². The van der Waals surface area contributed by atoms with Gasteiger partial charge in [0.15, 0.2) is 0 Å². The Morgan fingerprint density at radius 2 is 2.36 bits per heavy atom. The number of aliphatic hydroxyl groups is 1. The first kappa shape index (κ1) is 8.97. The maximum atomic E-state index is 8.76. The van der Waals surface area contributed by atoms with Crippen molar-refractivity contribution in [2.24, 2.45) is 5.73 Å². The van der Waals surface area contributed by atoms with E-state index < -0.39 is 0 Å². The van der Waals surface area contributed by atoms with Gasteiger partial charge in [-0.25, -0.2) is 0 Å². The van der Waals surface area contributed by atoms with Crippen LogP contribution in [0.5, 0.6) is 0 Å². The number of nitrogens with two attached hydrogens (primary N) is 1. The molecule has 1 saturated heterocycles. The Kier molecular flexibility index (Phi) is 3.30. The third-order valence-electron chi connectivity index (χ3n) is 2.51. The molecular weight excluding hydrogens is 140 g/mol. The van der Waals surface area contributed by atoms with Crippen molar-refractivity contribution in [3.63, 3.8) is 0 Å². The first-order chi connectivity index (χ1) is 5.24. The quantitative estimate of drug-likeness (QED) is 0.584. The van der Waals surface area contributed by atoms with Crippen molar-refractivity contribution in [3.8, 4) is 0 Å². The number of rotatable bonds is 2. The number of aliphatic hydroxyl groups excluding tert-OH is 1. The van der Waals surface area contributed by atoms with Crippen LogP contribution in [0.3, 0.4) is 0 Å². The van der Waals surface area contributed by atoms with Crippen LogP contribution >= 0.6 is 0 Å². The molecule has 0 spiro atoms. The molecule has 2 unspecified atom stereocenters. The lowest BCUT2D eigenvalue weighted by atomic mass is 9.96. The molecule has 0 aromatic rings. The summed E-state index contributed by atoms with van der Waals surface area (Å²) in [6, 6.07) is 0.853. The Labute approximate surface area is 68.2 Å². The van der Waals surface area contributed by atoms with Crippen LogP contribution in [0.15, 0.2) is 0 Å². The fourth-order valence-electron chi connectivity index (χ4n) is 1.69. The van der Waals surface area contributed by atoms with Gasteiger partial charge in [-0.1, -0.05) is 0 Å². The van der Waals surface area contributed by atoms with Crippen LogP contribution in [0.4, 0.5) is 0 Å². The van der Waals surface area contributed by atoms with Gasteiger partial charge < -0.3 is 15.7 Å². The molecule has 0 radical (unpaired) electrons. The predicted octanol–water partition coefficient (Wildman–Crippen LogP) is -0.210. The number of nitrogens with zero attached hydrogens (tertiary/aromatic N) is 1. The number of piperidine rings is 1. The van der Waals surface area contributed by atoms with E-state index in [0.29, 0.717) is 12.1 Å². The largest absolute Gasteiger partial charge is 0.396 e. The molecule has 0 saturated carbocycles. The van der Waals surface area contributed by atoms with Crippen molar-refractivity contribution in [3.05, 3.63) is 0 Å². The molecule has 1 heterocycles. The maximum Gasteiger partial charge on any atom is 0.0445 e. The molecule has 11 heavy (non-hydrogen) atoms. The molecule has 3 nitrogen and oxygen atoms in total. The molecule has 1 aliphatic heterocycles. The van der Waals surface area contributed by atoms with Crippen LogP contribution in [-0.4, -0.2) is 42.3 Å². The zero-order valence-electron chi connectivity index (χ0n) is 7.16. The van der Waals surface area contributed by atoms with E-state index in [1.54, 1.807) is 0 Å². The smallest absolute Gasteiger partial charge is 0.0445 e. The Balaban J connectivity index is 2.34. The van der Waals surface area contributed by atoms with Gasteiger partial charge in [-0.2, -0.15) is 0 Å². The normalized spacial score (nSPS) is 34.1. The van der Waals surface area contributed by atoms with Gasteiger partial charge in [0.25, 0.3) is 0 Å². The summed E-state index contributed by atoms with van der Waals surface area (Å²) in [7, 11) is 2.10. The summed E-state index contributed by atoms with van der Waals surface area (Å²) in [6.07, 6.45) is 3.00. The average Bonchev–Trinajstić information content (AvgIpc) is 1.98. The zero-order chi connectivity index (χ0) is 8.27. The van der Waals surface area contributed by atoms with E-state index >= 15 is 0 Å². The molecule has 0 amide bonds. The fourth-order valence-corrected chi connectivity index (χ4v) is 1.69. The van der Waals surface area contributed by atoms with Gasteiger partial charge in [-0.3, -0.25) is 0 Å². The summed E-state index contributed by atoms with van der Waals surface area (Å²) >= 11 is 0. The fraction of sp³-hybridized carbons (Fsp3) is 1.00. The molecule has 1 rings (SSSR count). The summed E-state index contributed by atoms with van der Waals surface area (Å²) in [6.45, 7) is 1.35. The van der Waals surface area contributed by atoms with E-state index in [0.717, 1.165) is 25.8 Å². The minimum Gasteiger partial charge on any atom is -0.396 e. The van der Waals surface area contributed by atoms with Crippen molar-refractivity contribution in [1.82, 2.24) is 4.90 Å². The molecular formula is C8H18N2O. The van der Waals surface area contributed by atoms with Crippen molar-refractivity contribution in [2.75, 3.05) is 20.2 Å². The molecule has 1 fully saturated rings. The lowest BCUT2D eigenvalue weighted by molar-refractivity contribution is 0.136. The first-order valence-electron chi connectivity index (χ1n) is 4.30. The summed E-state index contributed by atoms with van der Waals surface area (Å²) in [5.74, 6) is 0. The standard InChI is InChI=1S/C8H18N2O/c1-10-4-2-7(9)6-8(10)3-5-11/h7-8,11H,2-6,9H2,1H3. The minimum absolute atomic E-state index is 0.279. The monoisotopic (exact) mass is 158 g/mol. The van der Waals surface area contributed by atoms with Crippen LogP contribution in [0.25, 0.3) is 0 Å². The Morgan fingerprint density at radius 3 is 3.00 bits per heavy atom. The average molecular weight is 158 g/mol. The third-order valence-corrected chi connectivity index (χ3v) is 2.51. The highest BCUT2D eigenvalue weighted by atomic mass is 16.3. The van der Waals surface area contributed by atoms with Gasteiger partial charge >= 0.3 is 0 Å². The Morgan fingerprint density at radius 1 is 1.64 bits per heavy atom. The van der Waals surface area contributed by atoms with Crippen LogP contribution in [0.1, 0.15) is 19.3 Å². The summed E-state index contributed by atoms with van der Waals surface area (Å²) < 4.78 is 0. The zero-order valence-corrected chi connectivity index (χ0v) is 7.16. The predicted molar refractivity (Wildman–Crippen MR) is 45.3 cm³/mol. The molecule has 3 heteroatoms. The molecule has 0 aliphatic carbocycles. The van der Waals surface area contributed by atoms with E-state index in [9.17, 15) is 0 Å². The van der Waals surface area contributed by atoms with Gasteiger partial charge in [-0.05, 0) is 32.9 Å². The van der Waals surface area contributed by atoms with Crippen LogP contribution in [0.2, 0.25) is 0 Å². The molecule has 1 aliphatic rings. The van der Waals surface area contributed by atoms with E-state index in [2.05, 4.69) is 11.9 Å². The molecule has 0 aromatic carbocycles. The summed E-state index contributed by atoms with van der Waals surface area (Å²) in [4.78, 5) is 2.29. The second kappa shape index (κ2) is 4.04. The van der Waals surface area contributed by atoms with Gasteiger partial charge in [0.1, 0.15) is 0 Å².